The lowest BCUT2D eigenvalue weighted by Crippen LogP contribution is -2.32. The maximum absolute atomic E-state index is 11.9. The molecule has 0 N–H and O–H groups in total. The molecule has 0 fully saturated rings. The number of ether oxygens (including phenoxy) is 1. The lowest BCUT2D eigenvalue weighted by Gasteiger charge is -2.28. The van der Waals surface area contributed by atoms with Crippen molar-refractivity contribution < 1.29 is 13.2 Å². The number of hydrogen-bond donors (Lipinski definition) is 0. The van der Waals surface area contributed by atoms with Gasteiger partial charge in [-0.25, -0.2) is 13.4 Å². The number of alkyl halides is 1. The van der Waals surface area contributed by atoms with Gasteiger partial charge in [-0.1, -0.05) is 6.07 Å². The van der Waals surface area contributed by atoms with Gasteiger partial charge in [0.1, 0.15) is 11.3 Å². The first kappa shape index (κ1) is 16.3. The van der Waals surface area contributed by atoms with Crippen molar-refractivity contribution in [3.63, 3.8) is 0 Å². The fraction of sp³-hybridized carbons (Fsp3) is 0.500. The number of fused-ring (bicyclic) bond motifs is 1. The molecule has 0 amide bonds. The zero-order chi connectivity index (χ0) is 15.8. The monoisotopic (exact) mass is 330 g/mol. The second-order valence-electron chi connectivity index (χ2n) is 5.64. The highest BCUT2D eigenvalue weighted by molar-refractivity contribution is 7.91. The average molecular weight is 331 g/mol. The van der Waals surface area contributed by atoms with Crippen LogP contribution in [0.5, 0.6) is 0 Å². The Hall–Kier alpha value is -1.11. The topological polar surface area (TPSA) is 61.2 Å². The molecule has 1 heterocycles. The molecule has 116 valence electrons. The van der Waals surface area contributed by atoms with Gasteiger partial charge in [0.05, 0.1) is 28.4 Å². The molecule has 1 aromatic carbocycles. The summed E-state index contributed by atoms with van der Waals surface area (Å²) in [6, 6.07) is 5.14. The largest absolute Gasteiger partial charge is 0.382 e. The van der Waals surface area contributed by atoms with E-state index in [4.69, 9.17) is 16.3 Å². The van der Waals surface area contributed by atoms with Gasteiger partial charge in [-0.3, -0.25) is 0 Å². The van der Waals surface area contributed by atoms with Crippen molar-refractivity contribution in [1.82, 2.24) is 9.55 Å². The number of sulfone groups is 1. The molecule has 0 saturated heterocycles. The number of para-hydroxylation sites is 1. The molecule has 0 saturated carbocycles. The molecule has 2 rings (SSSR count). The van der Waals surface area contributed by atoms with Gasteiger partial charge < -0.3 is 9.30 Å². The van der Waals surface area contributed by atoms with E-state index in [2.05, 4.69) is 4.98 Å². The number of nitrogens with zero attached hydrogens (tertiary/aromatic N) is 2. The number of hydrogen-bond acceptors (Lipinski definition) is 4. The predicted molar refractivity (Wildman–Crippen MR) is 83.6 cm³/mol. The van der Waals surface area contributed by atoms with Crippen LogP contribution in [0.4, 0.5) is 0 Å². The summed E-state index contributed by atoms with van der Waals surface area (Å²) in [5, 5.41) is 0. The Morgan fingerprint density at radius 1 is 1.38 bits per heavy atom. The summed E-state index contributed by atoms with van der Waals surface area (Å²) in [4.78, 5) is 4.66. The van der Waals surface area contributed by atoms with Crippen LogP contribution in [-0.4, -0.2) is 37.9 Å². The van der Waals surface area contributed by atoms with E-state index >= 15 is 0 Å². The van der Waals surface area contributed by atoms with E-state index in [9.17, 15) is 8.42 Å². The van der Waals surface area contributed by atoms with Crippen molar-refractivity contribution >= 4 is 32.5 Å². The smallest absolute Gasteiger partial charge is 0.177 e. The van der Waals surface area contributed by atoms with Gasteiger partial charge in [0.2, 0.25) is 0 Å². The van der Waals surface area contributed by atoms with Crippen molar-refractivity contribution in [2.24, 2.45) is 0 Å². The van der Waals surface area contributed by atoms with Crippen LogP contribution in [0.1, 0.15) is 19.7 Å². The Bertz CT molecular complexity index is 766. The molecule has 7 heteroatoms. The van der Waals surface area contributed by atoms with Crippen LogP contribution < -0.4 is 0 Å². The lowest BCUT2D eigenvalue weighted by molar-refractivity contribution is 0.110. The zero-order valence-corrected chi connectivity index (χ0v) is 14.1. The Balaban J connectivity index is 2.84. The SMILES string of the molecule is COCC(C)(C)n1c(CCl)nc2c(S(C)(=O)=O)cccc21. The predicted octanol–water partition coefficient (Wildman–Crippen LogP) is 2.56. The van der Waals surface area contributed by atoms with Gasteiger partial charge in [-0.15, -0.1) is 11.6 Å². The Labute approximate surface area is 129 Å². The number of halogens is 1. The van der Waals surface area contributed by atoms with Crippen LogP contribution in [0.15, 0.2) is 23.1 Å². The van der Waals surface area contributed by atoms with Crippen molar-refractivity contribution in [3.8, 4) is 0 Å². The third kappa shape index (κ3) is 2.93. The van der Waals surface area contributed by atoms with Gasteiger partial charge in [0, 0.05) is 13.4 Å². The molecule has 21 heavy (non-hydrogen) atoms. The highest BCUT2D eigenvalue weighted by Gasteiger charge is 2.27. The summed E-state index contributed by atoms with van der Waals surface area (Å²) in [5.41, 5.74) is 0.819. The summed E-state index contributed by atoms with van der Waals surface area (Å²) in [6.07, 6.45) is 1.18. The number of methoxy groups -OCH3 is 1. The first-order valence-corrected chi connectivity index (χ1v) is 8.90. The minimum absolute atomic E-state index is 0.199. The van der Waals surface area contributed by atoms with Crippen LogP contribution in [0, 0.1) is 0 Å². The molecule has 0 spiro atoms. The van der Waals surface area contributed by atoms with E-state index in [-0.39, 0.29) is 16.3 Å². The molecule has 0 aliphatic carbocycles. The van der Waals surface area contributed by atoms with Crippen LogP contribution >= 0.6 is 11.6 Å². The van der Waals surface area contributed by atoms with Crippen LogP contribution in [0.2, 0.25) is 0 Å². The molecule has 0 radical (unpaired) electrons. The molecule has 0 atom stereocenters. The maximum Gasteiger partial charge on any atom is 0.177 e. The van der Waals surface area contributed by atoms with Gasteiger partial charge in [0.15, 0.2) is 9.84 Å². The van der Waals surface area contributed by atoms with Crippen LogP contribution in [0.3, 0.4) is 0 Å². The van der Waals surface area contributed by atoms with E-state index < -0.39 is 9.84 Å². The molecule has 0 bridgehead atoms. The molecular formula is C14H19ClN2O3S. The second-order valence-corrected chi connectivity index (χ2v) is 7.89. The van der Waals surface area contributed by atoms with Crippen LogP contribution in [-0.2, 0) is 26.0 Å². The standard InChI is InChI=1S/C14H19ClN2O3S/c1-14(2,9-20-3)17-10-6-5-7-11(21(4,18)19)13(10)16-12(17)8-15/h5-7H,8-9H2,1-4H3. The third-order valence-corrected chi connectivity index (χ3v) is 4.71. The first-order valence-electron chi connectivity index (χ1n) is 6.48. The summed E-state index contributed by atoms with van der Waals surface area (Å²) >= 11 is 6.00. The molecular weight excluding hydrogens is 312 g/mol. The molecule has 0 aliphatic rings. The highest BCUT2D eigenvalue weighted by Crippen LogP contribution is 2.30. The number of rotatable bonds is 5. The van der Waals surface area contributed by atoms with Gasteiger partial charge >= 0.3 is 0 Å². The van der Waals surface area contributed by atoms with Crippen molar-refractivity contribution in [3.05, 3.63) is 24.0 Å². The van der Waals surface area contributed by atoms with Crippen molar-refractivity contribution in [1.29, 1.82) is 0 Å². The third-order valence-electron chi connectivity index (χ3n) is 3.34. The molecule has 5 nitrogen and oxygen atoms in total. The lowest BCUT2D eigenvalue weighted by atomic mass is 10.1. The number of aromatic nitrogens is 2. The molecule has 0 unspecified atom stereocenters. The van der Waals surface area contributed by atoms with E-state index in [1.165, 1.54) is 6.26 Å². The maximum atomic E-state index is 11.9. The van der Waals surface area contributed by atoms with Gasteiger partial charge in [0.25, 0.3) is 0 Å². The van der Waals surface area contributed by atoms with Crippen LogP contribution in [0.25, 0.3) is 11.0 Å². The Morgan fingerprint density at radius 2 is 2.05 bits per heavy atom. The van der Waals surface area contributed by atoms with E-state index in [0.717, 1.165) is 5.52 Å². The zero-order valence-electron chi connectivity index (χ0n) is 12.6. The number of benzene rings is 1. The minimum atomic E-state index is -3.35. The fourth-order valence-electron chi connectivity index (χ4n) is 2.60. The molecule has 2 aromatic rings. The Morgan fingerprint density at radius 3 is 2.57 bits per heavy atom. The van der Waals surface area contributed by atoms with E-state index in [1.54, 1.807) is 19.2 Å². The number of imidazole rings is 1. The van der Waals surface area contributed by atoms with E-state index in [0.29, 0.717) is 17.9 Å². The minimum Gasteiger partial charge on any atom is -0.382 e. The van der Waals surface area contributed by atoms with Gasteiger partial charge in [-0.2, -0.15) is 0 Å². The van der Waals surface area contributed by atoms with Crippen molar-refractivity contribution in [2.75, 3.05) is 20.0 Å². The summed E-state index contributed by atoms with van der Waals surface area (Å²) in [7, 11) is -1.72. The fourth-order valence-corrected chi connectivity index (χ4v) is 3.61. The normalized spacial score (nSPS) is 13.0. The summed E-state index contributed by atoms with van der Waals surface area (Å²) < 4.78 is 31.1. The molecule has 0 aliphatic heterocycles. The highest BCUT2D eigenvalue weighted by atomic mass is 35.5. The summed E-state index contributed by atoms with van der Waals surface area (Å²) in [5.74, 6) is 0.829. The van der Waals surface area contributed by atoms with Crippen molar-refractivity contribution in [2.45, 2.75) is 30.2 Å². The second kappa shape index (κ2) is 5.59. The molecule has 1 aromatic heterocycles. The average Bonchev–Trinajstić information content (AvgIpc) is 2.76. The summed E-state index contributed by atoms with van der Waals surface area (Å²) in [6.45, 7) is 4.47. The van der Waals surface area contributed by atoms with Gasteiger partial charge in [-0.05, 0) is 26.0 Å². The quantitative estimate of drug-likeness (QED) is 0.790. The first-order chi connectivity index (χ1) is 9.72. The van der Waals surface area contributed by atoms with E-state index in [1.807, 2.05) is 24.5 Å². The Kier molecular flexibility index (Phi) is 4.33.